The second-order valence-corrected chi connectivity index (χ2v) is 8.14. The molecule has 4 nitrogen and oxygen atoms in total. The zero-order valence-electron chi connectivity index (χ0n) is 15.2. The highest BCUT2D eigenvalue weighted by Gasteiger charge is 2.35. The summed E-state index contributed by atoms with van der Waals surface area (Å²) < 4.78 is 0. The molecule has 1 saturated heterocycles. The summed E-state index contributed by atoms with van der Waals surface area (Å²) in [6.45, 7) is 14.4. The number of benzene rings is 1. The van der Waals surface area contributed by atoms with Gasteiger partial charge in [0.05, 0.1) is 11.4 Å². The molecule has 0 unspecified atom stereocenters. The highest BCUT2D eigenvalue weighted by Crippen LogP contribution is 2.31. The van der Waals surface area contributed by atoms with Crippen molar-refractivity contribution >= 4 is 28.6 Å². The molecule has 1 aromatic rings. The summed E-state index contributed by atoms with van der Waals surface area (Å²) in [5.41, 5.74) is 3.15. The van der Waals surface area contributed by atoms with Crippen LogP contribution in [0.15, 0.2) is 23.2 Å². The van der Waals surface area contributed by atoms with Gasteiger partial charge in [0.1, 0.15) is 0 Å². The Hall–Kier alpha value is -1.49. The van der Waals surface area contributed by atoms with Crippen LogP contribution in [-0.4, -0.2) is 33.6 Å². The molecule has 0 saturated carbocycles. The van der Waals surface area contributed by atoms with Crippen molar-refractivity contribution in [3.05, 3.63) is 29.3 Å². The van der Waals surface area contributed by atoms with Crippen molar-refractivity contribution in [2.24, 2.45) is 4.99 Å². The highest BCUT2D eigenvalue weighted by molar-refractivity contribution is 8.14. The average molecular weight is 334 g/mol. The van der Waals surface area contributed by atoms with Crippen molar-refractivity contribution < 1.29 is 4.79 Å². The molecular formula is C18H27N3OS. The molecule has 2 rings (SSSR count). The quantitative estimate of drug-likeness (QED) is 0.779. The standard InChI is InChI=1S/C18H27N3OS/c1-12(2)21-16(19-18(5,6)7)23-11-20(17(21)22)15-10-8-9-13(3)14(15)4/h8-10,12H,11H2,1-7H3/b19-16-. The number of thioether (sulfide) groups is 1. The molecule has 5 heteroatoms. The first kappa shape index (κ1) is 17.9. The molecule has 1 aromatic carbocycles. The van der Waals surface area contributed by atoms with Crippen molar-refractivity contribution in [1.29, 1.82) is 0 Å². The number of rotatable bonds is 2. The number of hydrogen-bond acceptors (Lipinski definition) is 3. The topological polar surface area (TPSA) is 35.9 Å². The van der Waals surface area contributed by atoms with E-state index in [1.54, 1.807) is 16.7 Å². The largest absolute Gasteiger partial charge is 0.331 e. The SMILES string of the molecule is Cc1cccc(N2CS/C(=N\C(C)(C)C)N(C(C)C)C2=O)c1C. The van der Waals surface area contributed by atoms with Crippen LogP contribution in [0.3, 0.4) is 0 Å². The summed E-state index contributed by atoms with van der Waals surface area (Å²) in [5.74, 6) is 0.598. The molecule has 0 N–H and O–H groups in total. The van der Waals surface area contributed by atoms with E-state index in [4.69, 9.17) is 4.99 Å². The summed E-state index contributed by atoms with van der Waals surface area (Å²) in [7, 11) is 0. The molecule has 0 bridgehead atoms. The van der Waals surface area contributed by atoms with Gasteiger partial charge in [-0.1, -0.05) is 23.9 Å². The third kappa shape index (κ3) is 3.89. The second-order valence-electron chi connectivity index (χ2n) is 7.23. The minimum absolute atomic E-state index is 0.00968. The first-order valence-corrected chi connectivity index (χ1v) is 9.00. The van der Waals surface area contributed by atoms with Gasteiger partial charge in [-0.15, -0.1) is 0 Å². The van der Waals surface area contributed by atoms with E-state index in [1.165, 1.54) is 5.56 Å². The maximum atomic E-state index is 13.1. The number of urea groups is 1. The van der Waals surface area contributed by atoms with Gasteiger partial charge >= 0.3 is 6.03 Å². The lowest BCUT2D eigenvalue weighted by molar-refractivity contribution is 0.220. The van der Waals surface area contributed by atoms with Crippen molar-refractivity contribution in [2.75, 3.05) is 10.8 Å². The first-order valence-electron chi connectivity index (χ1n) is 8.01. The molecule has 1 fully saturated rings. The number of aliphatic imine (C=N–C) groups is 1. The van der Waals surface area contributed by atoms with Crippen LogP contribution in [0.25, 0.3) is 0 Å². The Morgan fingerprint density at radius 3 is 2.43 bits per heavy atom. The van der Waals surface area contributed by atoms with Crippen LogP contribution < -0.4 is 4.90 Å². The fourth-order valence-electron chi connectivity index (χ4n) is 2.47. The number of amides is 2. The highest BCUT2D eigenvalue weighted by atomic mass is 32.2. The smallest absolute Gasteiger partial charge is 0.284 e. The lowest BCUT2D eigenvalue weighted by Gasteiger charge is -2.39. The molecule has 23 heavy (non-hydrogen) atoms. The molecule has 126 valence electrons. The first-order chi connectivity index (χ1) is 10.6. The number of aryl methyl sites for hydroxylation is 1. The van der Waals surface area contributed by atoms with E-state index in [2.05, 4.69) is 40.7 Å². The molecule has 0 aromatic heterocycles. The summed E-state index contributed by atoms with van der Waals surface area (Å²) in [5, 5.41) is 0.819. The molecule has 0 atom stereocenters. The van der Waals surface area contributed by atoms with Crippen LogP contribution in [0.2, 0.25) is 0 Å². The third-order valence-corrected chi connectivity index (χ3v) is 4.71. The lowest BCUT2D eigenvalue weighted by Crippen LogP contribution is -2.53. The molecule has 0 radical (unpaired) electrons. The molecule has 2 amide bonds. The van der Waals surface area contributed by atoms with Gasteiger partial charge in [0.15, 0.2) is 5.17 Å². The monoisotopic (exact) mass is 333 g/mol. The summed E-state index contributed by atoms with van der Waals surface area (Å²) in [6.07, 6.45) is 0. The number of anilines is 1. The fraction of sp³-hybridized carbons (Fsp3) is 0.556. The number of carbonyl (C=O) groups excluding carboxylic acids is 1. The maximum absolute atomic E-state index is 13.1. The normalized spacial score (nSPS) is 18.3. The second kappa shape index (κ2) is 6.56. The Kier molecular flexibility index (Phi) is 5.09. The number of nitrogens with zero attached hydrogens (tertiary/aromatic N) is 3. The van der Waals surface area contributed by atoms with Crippen LogP contribution in [0.5, 0.6) is 0 Å². The van der Waals surface area contributed by atoms with Crippen molar-refractivity contribution in [2.45, 2.75) is 60.0 Å². The van der Waals surface area contributed by atoms with E-state index in [1.807, 2.05) is 30.9 Å². The predicted molar refractivity (Wildman–Crippen MR) is 100 cm³/mol. The lowest BCUT2D eigenvalue weighted by atomic mass is 10.1. The van der Waals surface area contributed by atoms with Gasteiger partial charge in [0.25, 0.3) is 0 Å². The van der Waals surface area contributed by atoms with Crippen molar-refractivity contribution in [1.82, 2.24) is 4.90 Å². The Morgan fingerprint density at radius 2 is 1.87 bits per heavy atom. The van der Waals surface area contributed by atoms with Crippen molar-refractivity contribution in [3.8, 4) is 0 Å². The zero-order valence-corrected chi connectivity index (χ0v) is 16.0. The van der Waals surface area contributed by atoms with Crippen LogP contribution >= 0.6 is 11.8 Å². The van der Waals surface area contributed by atoms with Gasteiger partial charge in [0, 0.05) is 11.7 Å². The molecule has 1 aliphatic rings. The number of carbonyl (C=O) groups is 1. The summed E-state index contributed by atoms with van der Waals surface area (Å²) >= 11 is 1.63. The minimum Gasteiger partial charge on any atom is -0.284 e. The van der Waals surface area contributed by atoms with Gasteiger partial charge in [-0.3, -0.25) is 14.8 Å². The van der Waals surface area contributed by atoms with Crippen LogP contribution in [0.4, 0.5) is 10.5 Å². The Balaban J connectivity index is 2.41. The van der Waals surface area contributed by atoms with E-state index in [9.17, 15) is 4.79 Å². The fourth-order valence-corrected chi connectivity index (χ4v) is 3.73. The Morgan fingerprint density at radius 1 is 1.22 bits per heavy atom. The molecule has 1 aliphatic heterocycles. The zero-order chi connectivity index (χ0) is 17.4. The van der Waals surface area contributed by atoms with Gasteiger partial charge in [-0.2, -0.15) is 0 Å². The predicted octanol–water partition coefficient (Wildman–Crippen LogP) is 4.80. The van der Waals surface area contributed by atoms with E-state index in [0.717, 1.165) is 16.4 Å². The van der Waals surface area contributed by atoms with Crippen LogP contribution in [0, 0.1) is 13.8 Å². The van der Waals surface area contributed by atoms with Gasteiger partial charge in [0.2, 0.25) is 0 Å². The van der Waals surface area contributed by atoms with Crippen LogP contribution in [0.1, 0.15) is 45.7 Å². The molecule has 0 spiro atoms. The maximum Gasteiger partial charge on any atom is 0.331 e. The number of amidine groups is 1. The van der Waals surface area contributed by atoms with E-state index >= 15 is 0 Å². The van der Waals surface area contributed by atoms with Crippen LogP contribution in [-0.2, 0) is 0 Å². The van der Waals surface area contributed by atoms with Crippen molar-refractivity contribution in [3.63, 3.8) is 0 Å². The van der Waals surface area contributed by atoms with E-state index in [0.29, 0.717) is 5.88 Å². The van der Waals surface area contributed by atoms with Gasteiger partial charge < -0.3 is 0 Å². The van der Waals surface area contributed by atoms with E-state index in [-0.39, 0.29) is 17.6 Å². The molecular weight excluding hydrogens is 306 g/mol. The molecule has 0 aliphatic carbocycles. The van der Waals surface area contributed by atoms with E-state index < -0.39 is 0 Å². The Bertz CT molecular complexity index is 632. The van der Waals surface area contributed by atoms with Gasteiger partial charge in [-0.05, 0) is 65.7 Å². The average Bonchev–Trinajstić information content (AvgIpc) is 2.40. The minimum atomic E-state index is -0.197. The Labute approximate surface area is 144 Å². The third-order valence-electron chi connectivity index (χ3n) is 3.78. The summed E-state index contributed by atoms with van der Waals surface area (Å²) in [6, 6.07) is 6.19. The number of hydrogen-bond donors (Lipinski definition) is 0. The van der Waals surface area contributed by atoms with Gasteiger partial charge in [-0.25, -0.2) is 4.79 Å². The summed E-state index contributed by atoms with van der Waals surface area (Å²) in [4.78, 5) is 21.5. The molecule has 1 heterocycles.